The highest BCUT2D eigenvalue weighted by atomic mass is 19.1. The van der Waals surface area contributed by atoms with Crippen LogP contribution in [-0.2, 0) is 4.79 Å². The molecule has 0 aliphatic rings. The minimum Gasteiger partial charge on any atom is -0.491 e. The number of carbonyl (C=O) groups is 1. The molecular formula is C14H21FN2O2. The molecule has 0 saturated heterocycles. The lowest BCUT2D eigenvalue weighted by molar-refractivity contribution is -0.116. The highest BCUT2D eigenvalue weighted by molar-refractivity contribution is 5.92. The predicted octanol–water partition coefficient (Wildman–Crippen LogP) is 2.55. The zero-order valence-electron chi connectivity index (χ0n) is 11.5. The summed E-state index contributed by atoms with van der Waals surface area (Å²) in [5.74, 6) is -0.0914. The van der Waals surface area contributed by atoms with Gasteiger partial charge < -0.3 is 15.4 Å². The van der Waals surface area contributed by atoms with Crippen molar-refractivity contribution in [3.63, 3.8) is 0 Å². The Morgan fingerprint density at radius 1 is 1.42 bits per heavy atom. The lowest BCUT2D eigenvalue weighted by atomic mass is 10.2. The van der Waals surface area contributed by atoms with Crippen molar-refractivity contribution in [1.29, 1.82) is 0 Å². The van der Waals surface area contributed by atoms with E-state index in [1.807, 2.05) is 14.0 Å². The zero-order valence-corrected chi connectivity index (χ0v) is 11.5. The second-order valence-electron chi connectivity index (χ2n) is 4.24. The molecule has 0 radical (unpaired) electrons. The SMILES string of the molecule is CCCOc1cc(F)ccc1NC(=O)CCCNC. The van der Waals surface area contributed by atoms with Crippen molar-refractivity contribution in [3.8, 4) is 5.75 Å². The highest BCUT2D eigenvalue weighted by Crippen LogP contribution is 2.25. The fraction of sp³-hybridized carbons (Fsp3) is 0.500. The number of nitrogens with one attached hydrogen (secondary N) is 2. The van der Waals surface area contributed by atoms with E-state index >= 15 is 0 Å². The van der Waals surface area contributed by atoms with Crippen molar-refractivity contribution in [2.75, 3.05) is 25.5 Å². The maximum absolute atomic E-state index is 13.2. The summed E-state index contributed by atoms with van der Waals surface area (Å²) in [7, 11) is 1.84. The van der Waals surface area contributed by atoms with Crippen molar-refractivity contribution in [3.05, 3.63) is 24.0 Å². The molecule has 19 heavy (non-hydrogen) atoms. The predicted molar refractivity (Wildman–Crippen MR) is 74.0 cm³/mol. The van der Waals surface area contributed by atoms with E-state index in [9.17, 15) is 9.18 Å². The molecule has 0 aliphatic heterocycles. The van der Waals surface area contributed by atoms with Gasteiger partial charge in [0.05, 0.1) is 12.3 Å². The first-order valence-electron chi connectivity index (χ1n) is 6.54. The summed E-state index contributed by atoms with van der Waals surface area (Å²) in [6.45, 7) is 3.25. The van der Waals surface area contributed by atoms with Crippen LogP contribution in [0.15, 0.2) is 18.2 Å². The Kier molecular flexibility index (Phi) is 6.89. The van der Waals surface area contributed by atoms with E-state index in [1.165, 1.54) is 18.2 Å². The van der Waals surface area contributed by atoms with Crippen molar-refractivity contribution in [2.45, 2.75) is 26.2 Å². The van der Waals surface area contributed by atoms with Gasteiger partial charge in [-0.1, -0.05) is 6.92 Å². The Bertz CT molecular complexity index is 410. The molecule has 106 valence electrons. The van der Waals surface area contributed by atoms with Crippen LogP contribution < -0.4 is 15.4 Å². The van der Waals surface area contributed by atoms with Gasteiger partial charge in [-0.05, 0) is 38.6 Å². The maximum atomic E-state index is 13.2. The highest BCUT2D eigenvalue weighted by Gasteiger charge is 2.09. The average molecular weight is 268 g/mol. The third-order valence-corrected chi connectivity index (χ3v) is 2.51. The first kappa shape index (κ1) is 15.4. The van der Waals surface area contributed by atoms with Crippen LogP contribution in [0.4, 0.5) is 10.1 Å². The van der Waals surface area contributed by atoms with Gasteiger partial charge in [0.1, 0.15) is 11.6 Å². The molecule has 0 saturated carbocycles. The minimum absolute atomic E-state index is 0.0943. The Balaban J connectivity index is 2.62. The van der Waals surface area contributed by atoms with Crippen LogP contribution in [0.5, 0.6) is 5.75 Å². The van der Waals surface area contributed by atoms with Crippen molar-refractivity contribution < 1.29 is 13.9 Å². The Labute approximate surface area is 113 Å². The standard InChI is InChI=1S/C14H21FN2O2/c1-3-9-19-13-10-11(15)6-7-12(13)17-14(18)5-4-8-16-2/h6-7,10,16H,3-5,8-9H2,1-2H3,(H,17,18). The van der Waals surface area contributed by atoms with Gasteiger partial charge in [0.25, 0.3) is 0 Å². The van der Waals surface area contributed by atoms with Gasteiger partial charge >= 0.3 is 0 Å². The molecule has 0 bridgehead atoms. The Morgan fingerprint density at radius 2 is 2.21 bits per heavy atom. The molecule has 0 spiro atoms. The van der Waals surface area contributed by atoms with Crippen LogP contribution in [0, 0.1) is 5.82 Å². The zero-order chi connectivity index (χ0) is 14.1. The van der Waals surface area contributed by atoms with Gasteiger partial charge in [0, 0.05) is 12.5 Å². The van der Waals surface area contributed by atoms with E-state index in [0.717, 1.165) is 19.4 Å². The number of rotatable bonds is 8. The molecule has 1 aromatic rings. The second kappa shape index (κ2) is 8.48. The molecule has 2 N–H and O–H groups in total. The summed E-state index contributed by atoms with van der Waals surface area (Å²) >= 11 is 0. The molecule has 0 fully saturated rings. The fourth-order valence-corrected chi connectivity index (χ4v) is 1.57. The molecule has 0 aromatic heterocycles. The van der Waals surface area contributed by atoms with Crippen LogP contribution >= 0.6 is 0 Å². The number of hydrogen-bond acceptors (Lipinski definition) is 3. The topological polar surface area (TPSA) is 50.4 Å². The maximum Gasteiger partial charge on any atom is 0.224 e. The number of anilines is 1. The van der Waals surface area contributed by atoms with E-state index in [2.05, 4.69) is 10.6 Å². The molecular weight excluding hydrogens is 247 g/mol. The molecule has 1 rings (SSSR count). The number of amides is 1. The van der Waals surface area contributed by atoms with E-state index in [0.29, 0.717) is 24.5 Å². The van der Waals surface area contributed by atoms with Gasteiger partial charge in [0.2, 0.25) is 5.91 Å². The molecule has 0 aliphatic carbocycles. The first-order valence-corrected chi connectivity index (χ1v) is 6.54. The van der Waals surface area contributed by atoms with E-state index in [-0.39, 0.29) is 11.7 Å². The van der Waals surface area contributed by atoms with Gasteiger partial charge in [-0.15, -0.1) is 0 Å². The van der Waals surface area contributed by atoms with Crippen molar-refractivity contribution in [2.24, 2.45) is 0 Å². The number of hydrogen-bond donors (Lipinski definition) is 2. The number of benzene rings is 1. The van der Waals surface area contributed by atoms with E-state index < -0.39 is 0 Å². The van der Waals surface area contributed by atoms with Crippen LogP contribution in [0.25, 0.3) is 0 Å². The van der Waals surface area contributed by atoms with Gasteiger partial charge in [-0.25, -0.2) is 4.39 Å². The summed E-state index contributed by atoms with van der Waals surface area (Å²) in [6, 6.07) is 4.12. The van der Waals surface area contributed by atoms with Gasteiger partial charge in [-0.2, -0.15) is 0 Å². The number of carbonyl (C=O) groups excluding carboxylic acids is 1. The average Bonchev–Trinajstić information content (AvgIpc) is 2.39. The summed E-state index contributed by atoms with van der Waals surface area (Å²) in [4.78, 5) is 11.7. The fourth-order valence-electron chi connectivity index (χ4n) is 1.57. The molecule has 5 heteroatoms. The Morgan fingerprint density at radius 3 is 2.89 bits per heavy atom. The monoisotopic (exact) mass is 268 g/mol. The van der Waals surface area contributed by atoms with Crippen LogP contribution in [-0.4, -0.2) is 26.1 Å². The number of ether oxygens (including phenoxy) is 1. The lowest BCUT2D eigenvalue weighted by Crippen LogP contribution is -2.16. The van der Waals surface area contributed by atoms with Crippen LogP contribution in [0.1, 0.15) is 26.2 Å². The Hall–Kier alpha value is -1.62. The summed E-state index contributed by atoms with van der Waals surface area (Å²) in [5, 5.41) is 5.73. The van der Waals surface area contributed by atoms with Gasteiger partial charge in [-0.3, -0.25) is 4.79 Å². The molecule has 0 heterocycles. The first-order chi connectivity index (χ1) is 9.17. The largest absolute Gasteiger partial charge is 0.491 e. The quantitative estimate of drug-likeness (QED) is 0.712. The molecule has 4 nitrogen and oxygen atoms in total. The molecule has 0 atom stereocenters. The van der Waals surface area contributed by atoms with Crippen LogP contribution in [0.2, 0.25) is 0 Å². The summed E-state index contributed by atoms with van der Waals surface area (Å²) < 4.78 is 18.6. The van der Waals surface area contributed by atoms with Gasteiger partial charge in [0.15, 0.2) is 0 Å². The minimum atomic E-state index is -0.376. The smallest absolute Gasteiger partial charge is 0.224 e. The third-order valence-electron chi connectivity index (χ3n) is 2.51. The molecule has 1 amide bonds. The second-order valence-corrected chi connectivity index (χ2v) is 4.24. The van der Waals surface area contributed by atoms with E-state index in [4.69, 9.17) is 4.74 Å². The summed E-state index contributed by atoms with van der Waals surface area (Å²) in [5.41, 5.74) is 0.518. The van der Waals surface area contributed by atoms with Crippen molar-refractivity contribution >= 4 is 11.6 Å². The summed E-state index contributed by atoms with van der Waals surface area (Å²) in [6.07, 6.45) is 2.01. The third kappa shape index (κ3) is 5.70. The van der Waals surface area contributed by atoms with Crippen LogP contribution in [0.3, 0.4) is 0 Å². The van der Waals surface area contributed by atoms with E-state index in [1.54, 1.807) is 0 Å². The normalized spacial score (nSPS) is 10.3. The lowest BCUT2D eigenvalue weighted by Gasteiger charge is -2.12. The molecule has 0 unspecified atom stereocenters. The number of halogens is 1. The molecule has 1 aromatic carbocycles. The van der Waals surface area contributed by atoms with Crippen molar-refractivity contribution in [1.82, 2.24) is 5.32 Å².